The van der Waals surface area contributed by atoms with Crippen LogP contribution in [0.25, 0.3) is 0 Å². The van der Waals surface area contributed by atoms with Crippen molar-refractivity contribution in [3.8, 4) is 11.5 Å². The summed E-state index contributed by atoms with van der Waals surface area (Å²) in [6.07, 6.45) is 0.888. The van der Waals surface area contributed by atoms with Crippen LogP contribution in [0, 0.1) is 0 Å². The van der Waals surface area contributed by atoms with E-state index >= 15 is 0 Å². The molecule has 132 valence electrons. The van der Waals surface area contributed by atoms with Crippen molar-refractivity contribution < 1.29 is 14.3 Å². The molecule has 0 saturated carbocycles. The molecule has 5 nitrogen and oxygen atoms in total. The Morgan fingerprint density at radius 1 is 1.08 bits per heavy atom. The Balaban J connectivity index is 1.72. The summed E-state index contributed by atoms with van der Waals surface area (Å²) >= 11 is 0. The molecule has 0 fully saturated rings. The second kappa shape index (κ2) is 7.57. The van der Waals surface area contributed by atoms with E-state index in [0.717, 1.165) is 36.7 Å². The molecule has 1 aliphatic rings. The molecular formula is C20H24N2O3. The third kappa shape index (κ3) is 3.77. The van der Waals surface area contributed by atoms with Crippen LogP contribution in [0.15, 0.2) is 42.5 Å². The fraction of sp³-hybridized carbons (Fsp3) is 0.350. The molecule has 1 N–H and O–H groups in total. The first-order valence-electron chi connectivity index (χ1n) is 8.46. The van der Waals surface area contributed by atoms with Crippen LogP contribution < -0.4 is 14.8 Å². The highest BCUT2D eigenvalue weighted by molar-refractivity contribution is 5.94. The Kier molecular flexibility index (Phi) is 5.24. The van der Waals surface area contributed by atoms with E-state index in [1.165, 1.54) is 11.1 Å². The summed E-state index contributed by atoms with van der Waals surface area (Å²) in [4.78, 5) is 14.7. The highest BCUT2D eigenvalue weighted by Gasteiger charge is 2.26. The second-order valence-corrected chi connectivity index (χ2v) is 6.23. The van der Waals surface area contributed by atoms with Crippen LogP contribution in [0.4, 0.5) is 5.69 Å². The van der Waals surface area contributed by atoms with Gasteiger partial charge in [-0.2, -0.15) is 0 Å². The number of nitrogens with one attached hydrogen (secondary N) is 1. The molecule has 2 aromatic carbocycles. The molecule has 0 spiro atoms. The van der Waals surface area contributed by atoms with Gasteiger partial charge in [-0.15, -0.1) is 0 Å². The van der Waals surface area contributed by atoms with Gasteiger partial charge in [-0.1, -0.05) is 18.2 Å². The second-order valence-electron chi connectivity index (χ2n) is 6.23. The Bertz CT molecular complexity index is 746. The zero-order valence-electron chi connectivity index (χ0n) is 14.9. The first kappa shape index (κ1) is 17.3. The molecule has 0 radical (unpaired) electrons. The van der Waals surface area contributed by atoms with Crippen molar-refractivity contribution in [2.45, 2.75) is 25.9 Å². The number of benzene rings is 2. The van der Waals surface area contributed by atoms with Crippen LogP contribution in [0.5, 0.6) is 11.5 Å². The summed E-state index contributed by atoms with van der Waals surface area (Å²) in [5.74, 6) is 1.49. The molecule has 25 heavy (non-hydrogen) atoms. The number of hydrogen-bond donors (Lipinski definition) is 1. The monoisotopic (exact) mass is 340 g/mol. The lowest BCUT2D eigenvalue weighted by molar-refractivity contribution is -0.121. The average molecular weight is 340 g/mol. The third-order valence-electron chi connectivity index (χ3n) is 4.72. The number of carbonyl (C=O) groups excluding carboxylic acids is 1. The average Bonchev–Trinajstić information content (AvgIpc) is 2.66. The molecule has 0 aromatic heterocycles. The van der Waals surface area contributed by atoms with Gasteiger partial charge in [-0.25, -0.2) is 0 Å². The number of hydrogen-bond acceptors (Lipinski definition) is 4. The Labute approximate surface area is 148 Å². The Morgan fingerprint density at radius 2 is 1.72 bits per heavy atom. The summed E-state index contributed by atoms with van der Waals surface area (Å²) in [6.45, 7) is 3.51. The predicted octanol–water partition coefficient (Wildman–Crippen LogP) is 3.09. The maximum Gasteiger partial charge on any atom is 0.241 e. The molecule has 0 bridgehead atoms. The number of rotatable bonds is 5. The summed E-state index contributed by atoms with van der Waals surface area (Å²) in [7, 11) is 3.29. The lowest BCUT2D eigenvalue weighted by Gasteiger charge is -2.33. The van der Waals surface area contributed by atoms with Gasteiger partial charge < -0.3 is 14.8 Å². The van der Waals surface area contributed by atoms with Crippen LogP contribution in [-0.2, 0) is 17.8 Å². The fourth-order valence-electron chi connectivity index (χ4n) is 3.17. The predicted molar refractivity (Wildman–Crippen MR) is 98.2 cm³/mol. The van der Waals surface area contributed by atoms with Crippen LogP contribution in [0.3, 0.4) is 0 Å². The quantitative estimate of drug-likeness (QED) is 0.909. The van der Waals surface area contributed by atoms with Crippen molar-refractivity contribution in [3.63, 3.8) is 0 Å². The summed E-state index contributed by atoms with van der Waals surface area (Å²) in [5, 5.41) is 2.98. The van der Waals surface area contributed by atoms with Gasteiger partial charge in [0.25, 0.3) is 0 Å². The first-order valence-corrected chi connectivity index (χ1v) is 8.46. The van der Waals surface area contributed by atoms with Crippen molar-refractivity contribution in [3.05, 3.63) is 53.6 Å². The van der Waals surface area contributed by atoms with E-state index in [0.29, 0.717) is 0 Å². The van der Waals surface area contributed by atoms with Gasteiger partial charge in [-0.05, 0) is 48.7 Å². The molecular weight excluding hydrogens is 316 g/mol. The lowest BCUT2D eigenvalue weighted by Crippen LogP contribution is -2.44. The lowest BCUT2D eigenvalue weighted by atomic mass is 9.97. The van der Waals surface area contributed by atoms with Gasteiger partial charge in [-0.3, -0.25) is 9.69 Å². The van der Waals surface area contributed by atoms with Crippen LogP contribution in [0.2, 0.25) is 0 Å². The van der Waals surface area contributed by atoms with Gasteiger partial charge >= 0.3 is 0 Å². The van der Waals surface area contributed by atoms with Crippen LogP contribution in [-0.4, -0.2) is 37.6 Å². The van der Waals surface area contributed by atoms with E-state index < -0.39 is 0 Å². The number of carbonyl (C=O) groups is 1. The molecule has 1 unspecified atom stereocenters. The van der Waals surface area contributed by atoms with E-state index in [2.05, 4.69) is 10.2 Å². The van der Waals surface area contributed by atoms with Gasteiger partial charge in [0.1, 0.15) is 0 Å². The van der Waals surface area contributed by atoms with Gasteiger partial charge in [0, 0.05) is 18.8 Å². The smallest absolute Gasteiger partial charge is 0.241 e. The zero-order chi connectivity index (χ0) is 17.8. The van der Waals surface area contributed by atoms with Crippen molar-refractivity contribution in [2.75, 3.05) is 26.1 Å². The number of ether oxygens (including phenoxy) is 2. The Hall–Kier alpha value is -2.53. The van der Waals surface area contributed by atoms with E-state index in [4.69, 9.17) is 9.47 Å². The summed E-state index contributed by atoms with van der Waals surface area (Å²) in [6, 6.07) is 13.4. The molecule has 5 heteroatoms. The van der Waals surface area contributed by atoms with Crippen molar-refractivity contribution >= 4 is 11.6 Å². The third-order valence-corrected chi connectivity index (χ3v) is 4.72. The molecule has 2 aromatic rings. The van der Waals surface area contributed by atoms with Crippen LogP contribution >= 0.6 is 0 Å². The van der Waals surface area contributed by atoms with E-state index in [1.807, 2.05) is 49.4 Å². The first-order chi connectivity index (χ1) is 12.1. The number of para-hydroxylation sites is 1. The molecule has 1 amide bonds. The number of anilines is 1. The minimum Gasteiger partial charge on any atom is -0.493 e. The maximum absolute atomic E-state index is 12.5. The number of methoxy groups -OCH3 is 2. The number of amides is 1. The standard InChI is InChI=1S/C20H24N2O3/c1-14(20(23)21-17-7-5-4-6-8-17)22-10-9-15-11-18(24-2)19(25-3)12-16(15)13-22/h4-8,11-12,14H,9-10,13H2,1-3H3,(H,21,23). The molecule has 1 atom stereocenters. The van der Waals surface area contributed by atoms with Gasteiger partial charge in [0.05, 0.1) is 20.3 Å². The Morgan fingerprint density at radius 3 is 2.36 bits per heavy atom. The minimum absolute atomic E-state index is 0.00938. The number of fused-ring (bicyclic) bond motifs is 1. The summed E-state index contributed by atoms with van der Waals surface area (Å²) in [5.41, 5.74) is 3.26. The SMILES string of the molecule is COc1cc2c(cc1OC)CN(C(C)C(=O)Nc1ccccc1)CC2. The molecule has 0 aliphatic carbocycles. The van der Waals surface area contributed by atoms with Crippen molar-refractivity contribution in [1.29, 1.82) is 0 Å². The molecule has 1 aliphatic heterocycles. The molecule has 0 saturated heterocycles. The van der Waals surface area contributed by atoms with E-state index in [9.17, 15) is 4.79 Å². The maximum atomic E-state index is 12.5. The van der Waals surface area contributed by atoms with Gasteiger partial charge in [0.15, 0.2) is 11.5 Å². The zero-order valence-corrected chi connectivity index (χ0v) is 14.9. The molecule has 3 rings (SSSR count). The fourth-order valence-corrected chi connectivity index (χ4v) is 3.17. The minimum atomic E-state index is -0.207. The van der Waals surface area contributed by atoms with E-state index in [-0.39, 0.29) is 11.9 Å². The summed E-state index contributed by atoms with van der Waals surface area (Å²) < 4.78 is 10.8. The highest BCUT2D eigenvalue weighted by Crippen LogP contribution is 2.33. The topological polar surface area (TPSA) is 50.8 Å². The van der Waals surface area contributed by atoms with Crippen LogP contribution in [0.1, 0.15) is 18.1 Å². The van der Waals surface area contributed by atoms with Crippen molar-refractivity contribution in [1.82, 2.24) is 4.90 Å². The number of nitrogens with zero attached hydrogens (tertiary/aromatic N) is 1. The van der Waals surface area contributed by atoms with Gasteiger partial charge in [0.2, 0.25) is 5.91 Å². The largest absolute Gasteiger partial charge is 0.493 e. The van der Waals surface area contributed by atoms with Crippen molar-refractivity contribution in [2.24, 2.45) is 0 Å². The highest BCUT2D eigenvalue weighted by atomic mass is 16.5. The van der Waals surface area contributed by atoms with E-state index in [1.54, 1.807) is 14.2 Å². The molecule has 1 heterocycles. The normalized spacial score (nSPS) is 15.2.